The van der Waals surface area contributed by atoms with Gasteiger partial charge in [-0.15, -0.1) is 0 Å². The summed E-state index contributed by atoms with van der Waals surface area (Å²) in [6.45, 7) is 6.05. The molecule has 2 aromatic heterocycles. The number of aromatic amines is 2. The van der Waals surface area contributed by atoms with E-state index in [1.54, 1.807) is 0 Å². The summed E-state index contributed by atoms with van der Waals surface area (Å²) in [5, 5.41) is 5.12. The number of benzene rings is 3. The maximum atomic E-state index is 14.0. The second kappa shape index (κ2) is 12.8. The normalized spacial score (nSPS) is 24.4. The number of nitrogens with zero attached hydrogens (tertiary/aromatic N) is 4. The fourth-order valence-electron chi connectivity index (χ4n) is 9.05. The van der Waals surface area contributed by atoms with Crippen molar-refractivity contribution in [3.05, 3.63) is 65.9 Å². The molecule has 0 spiro atoms. The first-order chi connectivity index (χ1) is 24.9. The summed E-state index contributed by atoms with van der Waals surface area (Å²) in [4.78, 5) is 47.0. The number of imidazole rings is 2. The number of likely N-dealkylation sites (tertiary alicyclic amines) is 2. The van der Waals surface area contributed by atoms with Crippen LogP contribution in [0.1, 0.15) is 81.7 Å². The van der Waals surface area contributed by atoms with Gasteiger partial charge in [0.25, 0.3) is 0 Å². The maximum Gasteiger partial charge on any atom is 0.246 e. The van der Waals surface area contributed by atoms with Crippen molar-refractivity contribution in [2.24, 2.45) is 5.92 Å². The van der Waals surface area contributed by atoms with Gasteiger partial charge in [-0.25, -0.2) is 9.97 Å². The van der Waals surface area contributed by atoms with Crippen molar-refractivity contribution in [3.63, 3.8) is 0 Å². The molecule has 3 fully saturated rings. The smallest absolute Gasteiger partial charge is 0.246 e. The van der Waals surface area contributed by atoms with E-state index < -0.39 is 6.04 Å². The number of fused-ring (bicyclic) bond motifs is 6. The predicted octanol–water partition coefficient (Wildman–Crippen LogP) is 6.41. The number of hydrogen-bond acceptors (Lipinski definition) is 7. The highest BCUT2D eigenvalue weighted by molar-refractivity contribution is 6.07. The van der Waals surface area contributed by atoms with Crippen molar-refractivity contribution in [3.8, 4) is 28.1 Å². The first-order valence-electron chi connectivity index (χ1n) is 18.5. The van der Waals surface area contributed by atoms with Crippen molar-refractivity contribution in [2.75, 3.05) is 20.3 Å². The molecule has 9 rings (SSSR count). The van der Waals surface area contributed by atoms with Crippen LogP contribution in [0.4, 0.5) is 0 Å². The lowest BCUT2D eigenvalue weighted by Gasteiger charge is -2.35. The Kier molecular flexibility index (Phi) is 8.07. The molecule has 3 aromatic carbocycles. The van der Waals surface area contributed by atoms with Gasteiger partial charge in [-0.1, -0.05) is 18.2 Å². The van der Waals surface area contributed by atoms with Crippen LogP contribution in [0.15, 0.2) is 48.7 Å². The molecule has 4 aliphatic heterocycles. The van der Waals surface area contributed by atoms with Gasteiger partial charge in [0.2, 0.25) is 12.3 Å². The highest BCUT2D eigenvalue weighted by atomic mass is 16.5. The van der Waals surface area contributed by atoms with Crippen LogP contribution in [0.2, 0.25) is 0 Å². The Hall–Kier alpha value is -4.74. The minimum absolute atomic E-state index is 0.0381. The van der Waals surface area contributed by atoms with Gasteiger partial charge in [-0.2, -0.15) is 0 Å². The van der Waals surface area contributed by atoms with Gasteiger partial charge in [0.15, 0.2) is 0 Å². The average molecular weight is 688 g/mol. The second-order valence-electron chi connectivity index (χ2n) is 15.0. The topological polar surface area (TPSA) is 128 Å². The minimum Gasteiger partial charge on any atom is -0.488 e. The summed E-state index contributed by atoms with van der Waals surface area (Å²) < 4.78 is 11.9. The number of H-pyrrole nitrogens is 2. The predicted molar refractivity (Wildman–Crippen MR) is 195 cm³/mol. The van der Waals surface area contributed by atoms with E-state index in [0.717, 1.165) is 99.3 Å². The molecule has 1 unspecified atom stereocenters. The monoisotopic (exact) mass is 687 g/mol. The summed E-state index contributed by atoms with van der Waals surface area (Å²) in [6.07, 6.45) is 8.01. The third kappa shape index (κ3) is 5.49. The number of carbonyl (C=O) groups is 2. The molecule has 264 valence electrons. The molecular formula is C40H45N7O4. The second-order valence-corrected chi connectivity index (χ2v) is 15.0. The largest absolute Gasteiger partial charge is 0.488 e. The van der Waals surface area contributed by atoms with Crippen LogP contribution < -0.4 is 10.1 Å². The highest BCUT2D eigenvalue weighted by Gasteiger charge is 2.42. The zero-order valence-corrected chi connectivity index (χ0v) is 29.4. The fraction of sp³-hybridized carbons (Fsp3) is 0.450. The third-order valence-electron chi connectivity index (χ3n) is 12.1. The molecule has 51 heavy (non-hydrogen) atoms. The first-order valence-corrected chi connectivity index (χ1v) is 18.5. The zero-order chi connectivity index (χ0) is 34.8. The molecule has 6 heterocycles. The van der Waals surface area contributed by atoms with E-state index in [9.17, 15) is 9.59 Å². The van der Waals surface area contributed by atoms with E-state index in [0.29, 0.717) is 38.3 Å². The SMILES string of the molecule is C[C@H]1CC[C@@H](c2nc3ccc4cc5c(cc4c3[nH]2)OCc2cc(-c3cnc([C@@H]4CC[C@H](C)N4C(=O)C(NC=O)C4CCOCC4)[nH]3)ccc2-5)N1C. The molecule has 3 N–H and O–H groups in total. The lowest BCUT2D eigenvalue weighted by molar-refractivity contribution is -0.140. The van der Waals surface area contributed by atoms with Gasteiger partial charge in [0, 0.05) is 36.2 Å². The van der Waals surface area contributed by atoms with E-state index in [-0.39, 0.29) is 23.9 Å². The van der Waals surface area contributed by atoms with E-state index in [2.05, 4.69) is 83.5 Å². The van der Waals surface area contributed by atoms with Crippen molar-refractivity contribution in [1.29, 1.82) is 0 Å². The van der Waals surface area contributed by atoms with Crippen molar-refractivity contribution < 1.29 is 19.1 Å². The van der Waals surface area contributed by atoms with Gasteiger partial charge < -0.3 is 29.7 Å². The van der Waals surface area contributed by atoms with E-state index >= 15 is 0 Å². The molecule has 0 aliphatic carbocycles. The Morgan fingerprint density at radius 3 is 2.57 bits per heavy atom. The summed E-state index contributed by atoms with van der Waals surface area (Å²) in [7, 11) is 2.19. The Bertz CT molecular complexity index is 2130. The number of ether oxygens (including phenoxy) is 2. The Balaban J connectivity index is 0.981. The number of carbonyl (C=O) groups excluding carboxylic acids is 2. The van der Waals surface area contributed by atoms with Crippen LogP contribution in [0.25, 0.3) is 44.2 Å². The summed E-state index contributed by atoms with van der Waals surface area (Å²) >= 11 is 0. The Morgan fingerprint density at radius 2 is 1.76 bits per heavy atom. The molecule has 2 amide bonds. The van der Waals surface area contributed by atoms with E-state index in [1.165, 1.54) is 6.42 Å². The molecule has 11 heteroatoms. The van der Waals surface area contributed by atoms with Crippen LogP contribution in [-0.2, 0) is 20.9 Å². The minimum atomic E-state index is -0.560. The number of aromatic nitrogens is 4. The standard InChI is InChI=1S/C40H45N7O4/c1-22-4-10-33(46(22)3)39-43-31-9-7-25-17-30-28-8-6-26(16-27(28)20-51-35(30)18-29(25)37(31)45-39)32-19-41-38(44-32)34-11-5-23(2)47(34)40(49)36(42-21-48)24-12-14-50-15-13-24/h6-9,16-19,21-24,33-34,36H,4-5,10-15,20H2,1-3H3,(H,41,44)(H,42,48)(H,43,45)/t22-,23-,33-,34-,36?/m0/s1. The molecule has 3 saturated heterocycles. The van der Waals surface area contributed by atoms with E-state index in [4.69, 9.17) is 19.4 Å². The van der Waals surface area contributed by atoms with Crippen LogP contribution in [0.3, 0.4) is 0 Å². The summed E-state index contributed by atoms with van der Waals surface area (Å²) in [5.41, 5.74) is 7.33. The van der Waals surface area contributed by atoms with E-state index in [1.807, 2.05) is 11.1 Å². The van der Waals surface area contributed by atoms with Crippen molar-refractivity contribution in [1.82, 2.24) is 35.1 Å². The van der Waals surface area contributed by atoms with Crippen LogP contribution in [-0.4, -0.2) is 80.4 Å². The van der Waals surface area contributed by atoms with Gasteiger partial charge >= 0.3 is 0 Å². The van der Waals surface area contributed by atoms with Gasteiger partial charge in [0.1, 0.15) is 30.0 Å². The van der Waals surface area contributed by atoms with Crippen molar-refractivity contribution >= 4 is 34.1 Å². The van der Waals surface area contributed by atoms with Gasteiger partial charge in [0.05, 0.1) is 35.0 Å². The number of hydrogen-bond donors (Lipinski definition) is 3. The quantitative estimate of drug-likeness (QED) is 0.169. The Labute approximate surface area is 297 Å². The lowest BCUT2D eigenvalue weighted by Crippen LogP contribution is -2.52. The average Bonchev–Trinajstić information content (AvgIpc) is 3.96. The third-order valence-corrected chi connectivity index (χ3v) is 12.1. The van der Waals surface area contributed by atoms with Crippen LogP contribution in [0, 0.1) is 5.92 Å². The maximum absolute atomic E-state index is 14.0. The molecule has 0 bridgehead atoms. The van der Waals surface area contributed by atoms with Crippen LogP contribution >= 0.6 is 0 Å². The molecule has 0 saturated carbocycles. The van der Waals surface area contributed by atoms with Crippen LogP contribution in [0.5, 0.6) is 5.75 Å². The molecular weight excluding hydrogens is 642 g/mol. The van der Waals surface area contributed by atoms with Crippen molar-refractivity contribution in [2.45, 2.75) is 89.2 Å². The Morgan fingerprint density at radius 1 is 0.941 bits per heavy atom. The molecule has 5 aromatic rings. The lowest BCUT2D eigenvalue weighted by atomic mass is 9.90. The summed E-state index contributed by atoms with van der Waals surface area (Å²) in [6, 6.07) is 15.4. The fourth-order valence-corrected chi connectivity index (χ4v) is 9.05. The number of rotatable bonds is 7. The molecule has 11 nitrogen and oxygen atoms in total. The zero-order valence-electron chi connectivity index (χ0n) is 29.4. The molecule has 4 aliphatic rings. The summed E-state index contributed by atoms with van der Waals surface area (Å²) in [5.74, 6) is 2.71. The number of nitrogens with one attached hydrogen (secondary N) is 3. The van der Waals surface area contributed by atoms with Gasteiger partial charge in [-0.05, 0) is 112 Å². The molecule has 5 atom stereocenters. The first kappa shape index (κ1) is 32.2. The highest BCUT2D eigenvalue weighted by Crippen LogP contribution is 2.44. The van der Waals surface area contributed by atoms with Gasteiger partial charge in [-0.3, -0.25) is 14.5 Å². The molecule has 0 radical (unpaired) electrons. The number of amides is 2.